The third-order valence-corrected chi connectivity index (χ3v) is 3.62. The average Bonchev–Trinajstić information content (AvgIpc) is 2.48. The van der Waals surface area contributed by atoms with Crippen LogP contribution in [0.15, 0.2) is 18.2 Å². The lowest BCUT2D eigenvalue weighted by Gasteiger charge is -2.35. The number of likely N-dealkylation sites (N-methyl/N-ethyl adjacent to an activating group) is 1. The van der Waals surface area contributed by atoms with Gasteiger partial charge < -0.3 is 19.9 Å². The smallest absolute Gasteiger partial charge is 0.340 e. The van der Waals surface area contributed by atoms with E-state index in [1.54, 1.807) is 0 Å². The first-order valence-electron chi connectivity index (χ1n) is 7.08. The number of ether oxygens (including phenoxy) is 1. The lowest BCUT2D eigenvalue weighted by atomic mass is 10.1. The van der Waals surface area contributed by atoms with E-state index in [0.717, 1.165) is 37.6 Å². The van der Waals surface area contributed by atoms with Crippen LogP contribution in [-0.4, -0.2) is 57.8 Å². The highest BCUT2D eigenvalue weighted by Gasteiger charge is 2.21. The number of carbonyl (C=O) groups is 1. The number of rotatable bonds is 4. The molecule has 5 heteroatoms. The van der Waals surface area contributed by atoms with Crippen LogP contribution in [0.4, 0.5) is 11.4 Å². The number of hydrogen-bond acceptors (Lipinski definition) is 5. The molecule has 2 rings (SSSR count). The Morgan fingerprint density at radius 3 is 2.60 bits per heavy atom. The molecule has 5 nitrogen and oxygen atoms in total. The molecule has 0 aliphatic carbocycles. The van der Waals surface area contributed by atoms with Gasteiger partial charge in [-0.3, -0.25) is 0 Å². The second-order valence-electron chi connectivity index (χ2n) is 4.99. The molecule has 1 N–H and O–H groups in total. The largest absolute Gasteiger partial charge is 0.462 e. The predicted molar refractivity (Wildman–Crippen MR) is 81.7 cm³/mol. The monoisotopic (exact) mass is 277 g/mol. The zero-order valence-electron chi connectivity index (χ0n) is 12.5. The summed E-state index contributed by atoms with van der Waals surface area (Å²) in [5.74, 6) is -0.251. The molecular weight excluding hydrogens is 254 g/mol. The van der Waals surface area contributed by atoms with E-state index in [-0.39, 0.29) is 5.97 Å². The van der Waals surface area contributed by atoms with E-state index in [1.807, 2.05) is 32.2 Å². The Kier molecular flexibility index (Phi) is 4.84. The Bertz CT molecular complexity index is 468. The van der Waals surface area contributed by atoms with Crippen LogP contribution in [0.1, 0.15) is 17.3 Å². The van der Waals surface area contributed by atoms with Crippen LogP contribution in [0.2, 0.25) is 0 Å². The Labute approximate surface area is 120 Å². The molecule has 1 fully saturated rings. The highest BCUT2D eigenvalue weighted by Crippen LogP contribution is 2.26. The third kappa shape index (κ3) is 3.22. The van der Waals surface area contributed by atoms with E-state index in [0.29, 0.717) is 12.2 Å². The van der Waals surface area contributed by atoms with E-state index >= 15 is 0 Å². The summed E-state index contributed by atoms with van der Waals surface area (Å²) >= 11 is 0. The topological polar surface area (TPSA) is 44.8 Å². The Balaban J connectivity index is 2.28. The molecule has 1 aromatic rings. The maximum absolute atomic E-state index is 12.2. The molecule has 0 atom stereocenters. The first-order chi connectivity index (χ1) is 9.65. The number of esters is 1. The van der Waals surface area contributed by atoms with Gasteiger partial charge in [-0.15, -0.1) is 0 Å². The van der Waals surface area contributed by atoms with Crippen molar-refractivity contribution in [3.63, 3.8) is 0 Å². The van der Waals surface area contributed by atoms with E-state index in [9.17, 15) is 4.79 Å². The maximum atomic E-state index is 12.2. The van der Waals surface area contributed by atoms with Gasteiger partial charge in [0.2, 0.25) is 0 Å². The van der Waals surface area contributed by atoms with Crippen LogP contribution >= 0.6 is 0 Å². The molecule has 20 heavy (non-hydrogen) atoms. The summed E-state index contributed by atoms with van der Waals surface area (Å²) in [6, 6.07) is 5.87. The molecule has 0 radical (unpaired) electrons. The fourth-order valence-corrected chi connectivity index (χ4v) is 2.39. The highest BCUT2D eigenvalue weighted by molar-refractivity contribution is 5.97. The highest BCUT2D eigenvalue weighted by atomic mass is 16.5. The van der Waals surface area contributed by atoms with Crippen molar-refractivity contribution in [3.8, 4) is 0 Å². The van der Waals surface area contributed by atoms with Gasteiger partial charge in [0.25, 0.3) is 0 Å². The summed E-state index contributed by atoms with van der Waals surface area (Å²) in [4.78, 5) is 16.7. The van der Waals surface area contributed by atoms with E-state index < -0.39 is 0 Å². The fourth-order valence-electron chi connectivity index (χ4n) is 2.39. The molecule has 0 aromatic heterocycles. The van der Waals surface area contributed by atoms with Crippen molar-refractivity contribution in [1.82, 2.24) is 4.90 Å². The SMILES string of the molecule is CCOC(=O)c1cc(NC)ccc1N1CCN(C)CC1. The normalized spacial score (nSPS) is 16.1. The zero-order chi connectivity index (χ0) is 14.5. The lowest BCUT2D eigenvalue weighted by molar-refractivity contribution is 0.0527. The minimum Gasteiger partial charge on any atom is -0.462 e. The van der Waals surface area contributed by atoms with Gasteiger partial charge in [0.05, 0.1) is 17.9 Å². The van der Waals surface area contributed by atoms with Gasteiger partial charge in [0, 0.05) is 38.9 Å². The molecular formula is C15H23N3O2. The quantitative estimate of drug-likeness (QED) is 0.848. The van der Waals surface area contributed by atoms with Gasteiger partial charge in [-0.05, 0) is 32.2 Å². The summed E-state index contributed by atoms with van der Waals surface area (Å²) in [5.41, 5.74) is 2.53. The molecule has 0 amide bonds. The van der Waals surface area contributed by atoms with Crippen LogP contribution in [0.25, 0.3) is 0 Å². The number of piperazine rings is 1. The van der Waals surface area contributed by atoms with Crippen molar-refractivity contribution in [2.24, 2.45) is 0 Å². The number of carbonyl (C=O) groups excluding carboxylic acids is 1. The van der Waals surface area contributed by atoms with Gasteiger partial charge in [0.1, 0.15) is 0 Å². The predicted octanol–water partition coefficient (Wildman–Crippen LogP) is 1.66. The van der Waals surface area contributed by atoms with Crippen molar-refractivity contribution in [1.29, 1.82) is 0 Å². The van der Waals surface area contributed by atoms with Crippen molar-refractivity contribution < 1.29 is 9.53 Å². The van der Waals surface area contributed by atoms with Crippen LogP contribution < -0.4 is 10.2 Å². The van der Waals surface area contributed by atoms with Gasteiger partial charge in [-0.2, -0.15) is 0 Å². The molecule has 1 saturated heterocycles. The molecule has 110 valence electrons. The molecule has 0 bridgehead atoms. The summed E-state index contributed by atoms with van der Waals surface area (Å²) in [6.07, 6.45) is 0. The molecule has 0 spiro atoms. The van der Waals surface area contributed by atoms with Crippen molar-refractivity contribution >= 4 is 17.3 Å². The van der Waals surface area contributed by atoms with Crippen molar-refractivity contribution in [3.05, 3.63) is 23.8 Å². The van der Waals surface area contributed by atoms with Gasteiger partial charge in [0.15, 0.2) is 0 Å². The fraction of sp³-hybridized carbons (Fsp3) is 0.533. The summed E-state index contributed by atoms with van der Waals surface area (Å²) in [5, 5.41) is 3.07. The number of benzene rings is 1. The number of hydrogen-bond donors (Lipinski definition) is 1. The molecule has 0 saturated carbocycles. The Morgan fingerprint density at radius 2 is 2.00 bits per heavy atom. The van der Waals surface area contributed by atoms with Crippen molar-refractivity contribution in [2.75, 3.05) is 57.1 Å². The number of anilines is 2. The first kappa shape index (κ1) is 14.7. The number of nitrogens with zero attached hydrogens (tertiary/aromatic N) is 2. The molecule has 1 aromatic carbocycles. The van der Waals surface area contributed by atoms with E-state index in [1.165, 1.54) is 0 Å². The third-order valence-electron chi connectivity index (χ3n) is 3.62. The minimum absolute atomic E-state index is 0.251. The zero-order valence-corrected chi connectivity index (χ0v) is 12.5. The number of nitrogens with one attached hydrogen (secondary N) is 1. The molecule has 0 unspecified atom stereocenters. The van der Waals surface area contributed by atoms with Crippen LogP contribution in [-0.2, 0) is 4.74 Å². The minimum atomic E-state index is -0.251. The average molecular weight is 277 g/mol. The van der Waals surface area contributed by atoms with Crippen molar-refractivity contribution in [2.45, 2.75) is 6.92 Å². The maximum Gasteiger partial charge on any atom is 0.340 e. The van der Waals surface area contributed by atoms with Crippen LogP contribution in [0, 0.1) is 0 Å². The Morgan fingerprint density at radius 1 is 1.30 bits per heavy atom. The standard InChI is InChI=1S/C15H23N3O2/c1-4-20-15(19)13-11-12(16-2)5-6-14(13)18-9-7-17(3)8-10-18/h5-6,11,16H,4,7-10H2,1-3H3. The molecule has 1 aliphatic heterocycles. The van der Waals surface area contributed by atoms with Gasteiger partial charge in [-0.1, -0.05) is 0 Å². The van der Waals surface area contributed by atoms with Crippen LogP contribution in [0.3, 0.4) is 0 Å². The van der Waals surface area contributed by atoms with Gasteiger partial charge >= 0.3 is 5.97 Å². The summed E-state index contributed by atoms with van der Waals surface area (Å²) < 4.78 is 5.18. The lowest BCUT2D eigenvalue weighted by Crippen LogP contribution is -2.45. The molecule has 1 aliphatic rings. The first-order valence-corrected chi connectivity index (χ1v) is 7.08. The molecule has 1 heterocycles. The second-order valence-corrected chi connectivity index (χ2v) is 4.99. The van der Waals surface area contributed by atoms with E-state index in [2.05, 4.69) is 22.2 Å². The summed E-state index contributed by atoms with van der Waals surface area (Å²) in [7, 11) is 3.97. The summed E-state index contributed by atoms with van der Waals surface area (Å²) in [6.45, 7) is 6.11. The van der Waals surface area contributed by atoms with Crippen LogP contribution in [0.5, 0.6) is 0 Å². The van der Waals surface area contributed by atoms with Gasteiger partial charge in [-0.25, -0.2) is 4.79 Å². The second kappa shape index (κ2) is 6.61. The Hall–Kier alpha value is -1.75. The van der Waals surface area contributed by atoms with E-state index in [4.69, 9.17) is 4.74 Å².